The van der Waals surface area contributed by atoms with Crippen molar-refractivity contribution in [2.75, 3.05) is 18.4 Å². The van der Waals surface area contributed by atoms with Crippen molar-refractivity contribution in [2.24, 2.45) is 5.92 Å². The molecule has 6 nitrogen and oxygen atoms in total. The van der Waals surface area contributed by atoms with Crippen LogP contribution in [0.25, 0.3) is 0 Å². The number of aromatic nitrogens is 3. The molecule has 0 bridgehead atoms. The number of nitrogens with zero attached hydrogens (tertiary/aromatic N) is 3. The third kappa shape index (κ3) is 4.55. The summed E-state index contributed by atoms with van der Waals surface area (Å²) in [5, 5.41) is 13.9. The number of aryl methyl sites for hydroxylation is 2. The van der Waals surface area contributed by atoms with Crippen molar-refractivity contribution in [2.45, 2.75) is 40.5 Å². The summed E-state index contributed by atoms with van der Waals surface area (Å²) < 4.78 is 0. The van der Waals surface area contributed by atoms with Gasteiger partial charge in [0.1, 0.15) is 0 Å². The van der Waals surface area contributed by atoms with Crippen molar-refractivity contribution >= 4 is 11.9 Å². The van der Waals surface area contributed by atoms with Crippen LogP contribution in [-0.4, -0.2) is 34.2 Å². The van der Waals surface area contributed by atoms with Crippen LogP contribution in [0, 0.1) is 5.92 Å². The molecule has 1 heterocycles. The summed E-state index contributed by atoms with van der Waals surface area (Å²) in [6.45, 7) is 9.40. The lowest BCUT2D eigenvalue weighted by Gasteiger charge is -2.12. The molecule has 106 valence electrons. The van der Waals surface area contributed by atoms with Gasteiger partial charge >= 0.3 is 0 Å². The molecule has 0 aliphatic carbocycles. The average Bonchev–Trinajstić information content (AvgIpc) is 2.44. The predicted octanol–water partition coefficient (Wildman–Crippen LogP) is 1.18. The summed E-state index contributed by atoms with van der Waals surface area (Å²) in [5.41, 5.74) is 1.79. The Hall–Kier alpha value is -1.56. The Morgan fingerprint density at radius 2 is 1.84 bits per heavy atom. The summed E-state index contributed by atoms with van der Waals surface area (Å²) in [5.74, 6) is 0.0796. The number of hydrogen-bond donors (Lipinski definition) is 2. The van der Waals surface area contributed by atoms with E-state index in [1.807, 2.05) is 27.7 Å². The first-order valence-corrected chi connectivity index (χ1v) is 6.86. The summed E-state index contributed by atoms with van der Waals surface area (Å²) in [7, 11) is 0. The number of amides is 1. The van der Waals surface area contributed by atoms with Gasteiger partial charge in [-0.1, -0.05) is 27.7 Å². The van der Waals surface area contributed by atoms with Crippen molar-refractivity contribution in [3.63, 3.8) is 0 Å². The van der Waals surface area contributed by atoms with Gasteiger partial charge in [-0.15, -0.1) is 10.2 Å². The molecule has 2 N–H and O–H groups in total. The van der Waals surface area contributed by atoms with Crippen molar-refractivity contribution in [1.82, 2.24) is 20.5 Å². The Bertz CT molecular complexity index is 421. The van der Waals surface area contributed by atoms with Gasteiger partial charge in [-0.2, -0.15) is 0 Å². The molecule has 1 unspecified atom stereocenters. The summed E-state index contributed by atoms with van der Waals surface area (Å²) in [4.78, 5) is 16.3. The summed E-state index contributed by atoms with van der Waals surface area (Å²) in [6, 6.07) is 0. The third-order valence-electron chi connectivity index (χ3n) is 2.89. The summed E-state index contributed by atoms with van der Waals surface area (Å²) in [6.07, 6.45) is 1.59. The van der Waals surface area contributed by atoms with Crippen molar-refractivity contribution < 1.29 is 4.79 Å². The molecule has 0 fully saturated rings. The van der Waals surface area contributed by atoms with E-state index in [0.717, 1.165) is 30.8 Å². The molecule has 0 aromatic carbocycles. The Morgan fingerprint density at radius 3 is 2.42 bits per heavy atom. The van der Waals surface area contributed by atoms with Crippen LogP contribution < -0.4 is 10.6 Å². The van der Waals surface area contributed by atoms with Gasteiger partial charge in [-0.25, -0.2) is 4.98 Å². The van der Waals surface area contributed by atoms with Crippen molar-refractivity contribution in [1.29, 1.82) is 0 Å². The third-order valence-corrected chi connectivity index (χ3v) is 2.89. The molecule has 0 saturated heterocycles. The quantitative estimate of drug-likeness (QED) is 0.774. The zero-order chi connectivity index (χ0) is 14.3. The fourth-order valence-electron chi connectivity index (χ4n) is 1.68. The van der Waals surface area contributed by atoms with E-state index < -0.39 is 0 Å². The van der Waals surface area contributed by atoms with Crippen LogP contribution >= 0.6 is 0 Å². The normalized spacial score (nSPS) is 12.2. The predicted molar refractivity (Wildman–Crippen MR) is 74.9 cm³/mol. The van der Waals surface area contributed by atoms with E-state index in [2.05, 4.69) is 25.8 Å². The van der Waals surface area contributed by atoms with E-state index in [9.17, 15) is 4.79 Å². The minimum absolute atomic E-state index is 0.0888. The summed E-state index contributed by atoms with van der Waals surface area (Å²) >= 11 is 0. The highest BCUT2D eigenvalue weighted by Gasteiger charge is 2.14. The Morgan fingerprint density at radius 1 is 1.16 bits per heavy atom. The Kier molecular flexibility index (Phi) is 6.35. The van der Waals surface area contributed by atoms with E-state index in [-0.39, 0.29) is 11.8 Å². The molecule has 0 radical (unpaired) electrons. The van der Waals surface area contributed by atoms with E-state index in [1.54, 1.807) is 0 Å². The number of rotatable bonds is 7. The number of hydrogen-bond acceptors (Lipinski definition) is 5. The molecule has 1 amide bonds. The largest absolute Gasteiger partial charge is 0.316 e. The first-order chi connectivity index (χ1) is 9.12. The maximum Gasteiger partial charge on any atom is 0.249 e. The van der Waals surface area contributed by atoms with Crippen LogP contribution in [0.15, 0.2) is 0 Å². The molecular formula is C13H23N5O. The highest BCUT2D eigenvalue weighted by molar-refractivity contribution is 5.90. The standard InChI is InChI=1S/C13H23N5O/c1-5-10-11(6-2)17-18-13(15-10)16-12(19)9(4)8-14-7-3/h9,14H,5-8H2,1-4H3,(H,15,16,18,19). The zero-order valence-corrected chi connectivity index (χ0v) is 12.2. The fraction of sp³-hybridized carbons (Fsp3) is 0.692. The first-order valence-electron chi connectivity index (χ1n) is 6.86. The van der Waals surface area contributed by atoms with Crippen LogP contribution in [0.2, 0.25) is 0 Å². The van der Waals surface area contributed by atoms with Crippen molar-refractivity contribution in [3.05, 3.63) is 11.4 Å². The van der Waals surface area contributed by atoms with E-state index in [0.29, 0.717) is 12.5 Å². The van der Waals surface area contributed by atoms with Gasteiger partial charge in [-0.3, -0.25) is 10.1 Å². The van der Waals surface area contributed by atoms with E-state index in [1.165, 1.54) is 0 Å². The van der Waals surface area contributed by atoms with Crippen LogP contribution in [0.5, 0.6) is 0 Å². The molecule has 1 atom stereocenters. The molecule has 0 saturated carbocycles. The maximum atomic E-state index is 11.9. The van der Waals surface area contributed by atoms with Crippen LogP contribution in [0.4, 0.5) is 5.95 Å². The number of nitrogens with one attached hydrogen (secondary N) is 2. The molecule has 19 heavy (non-hydrogen) atoms. The van der Waals surface area contributed by atoms with Crippen LogP contribution in [0.1, 0.15) is 39.1 Å². The average molecular weight is 265 g/mol. The fourth-order valence-corrected chi connectivity index (χ4v) is 1.68. The molecule has 6 heteroatoms. The molecular weight excluding hydrogens is 242 g/mol. The van der Waals surface area contributed by atoms with Gasteiger partial charge in [-0.05, 0) is 19.4 Å². The second kappa shape index (κ2) is 7.78. The highest BCUT2D eigenvalue weighted by atomic mass is 16.2. The van der Waals surface area contributed by atoms with Gasteiger partial charge in [0, 0.05) is 12.5 Å². The number of carbonyl (C=O) groups is 1. The molecule has 1 aromatic heterocycles. The second-order valence-corrected chi connectivity index (χ2v) is 4.43. The van der Waals surface area contributed by atoms with E-state index >= 15 is 0 Å². The van der Waals surface area contributed by atoms with Gasteiger partial charge in [0.25, 0.3) is 0 Å². The monoisotopic (exact) mass is 265 g/mol. The SMILES string of the molecule is CCNCC(C)C(=O)Nc1nnc(CC)c(CC)n1. The minimum atomic E-state index is -0.125. The lowest BCUT2D eigenvalue weighted by atomic mass is 10.1. The van der Waals surface area contributed by atoms with Crippen molar-refractivity contribution in [3.8, 4) is 0 Å². The Labute approximate surface area is 114 Å². The van der Waals surface area contributed by atoms with Gasteiger partial charge in [0.2, 0.25) is 11.9 Å². The first kappa shape index (κ1) is 15.5. The molecule has 0 aliphatic heterocycles. The van der Waals surface area contributed by atoms with Gasteiger partial charge < -0.3 is 5.32 Å². The lowest BCUT2D eigenvalue weighted by molar-refractivity contribution is -0.119. The van der Waals surface area contributed by atoms with Crippen LogP contribution in [-0.2, 0) is 17.6 Å². The molecule has 0 spiro atoms. The van der Waals surface area contributed by atoms with E-state index in [4.69, 9.17) is 0 Å². The topological polar surface area (TPSA) is 79.8 Å². The smallest absolute Gasteiger partial charge is 0.249 e. The second-order valence-electron chi connectivity index (χ2n) is 4.43. The number of anilines is 1. The molecule has 1 rings (SSSR count). The highest BCUT2D eigenvalue weighted by Crippen LogP contribution is 2.07. The van der Waals surface area contributed by atoms with Gasteiger partial charge in [0.15, 0.2) is 0 Å². The van der Waals surface area contributed by atoms with Crippen LogP contribution in [0.3, 0.4) is 0 Å². The minimum Gasteiger partial charge on any atom is -0.316 e. The molecule has 0 aliphatic rings. The maximum absolute atomic E-state index is 11.9. The Balaban J connectivity index is 2.69. The zero-order valence-electron chi connectivity index (χ0n) is 12.2. The lowest BCUT2D eigenvalue weighted by Crippen LogP contribution is -2.31. The van der Waals surface area contributed by atoms with Gasteiger partial charge in [0.05, 0.1) is 11.4 Å². The number of carbonyl (C=O) groups excluding carboxylic acids is 1. The molecule has 1 aromatic rings.